The van der Waals surface area contributed by atoms with Crippen LogP contribution in [0.3, 0.4) is 0 Å². The summed E-state index contributed by atoms with van der Waals surface area (Å²) in [6.45, 7) is 3.62. The van der Waals surface area contributed by atoms with E-state index in [0.717, 1.165) is 19.6 Å². The molecule has 1 aliphatic heterocycles. The second-order valence-electron chi connectivity index (χ2n) is 4.53. The topological polar surface area (TPSA) is 72.6 Å². The molecule has 0 amide bonds. The summed E-state index contributed by atoms with van der Waals surface area (Å²) in [5, 5.41) is 5.28. The number of sulfonamides is 1. The van der Waals surface area contributed by atoms with Crippen molar-refractivity contribution >= 4 is 21.6 Å². The first-order valence-electron chi connectivity index (χ1n) is 6.14. The lowest BCUT2D eigenvalue weighted by atomic mass is 10.3. The van der Waals surface area contributed by atoms with Gasteiger partial charge >= 0.3 is 0 Å². The fourth-order valence-electron chi connectivity index (χ4n) is 2.07. The molecule has 1 aromatic carbocycles. The zero-order valence-corrected chi connectivity index (χ0v) is 12.1. The van der Waals surface area contributed by atoms with E-state index in [0.29, 0.717) is 12.4 Å². The second-order valence-corrected chi connectivity index (χ2v) is 6.50. The molecule has 1 aromatic rings. The van der Waals surface area contributed by atoms with E-state index in [1.165, 1.54) is 31.0 Å². The van der Waals surface area contributed by atoms with Gasteiger partial charge in [-0.2, -0.15) is 0 Å². The van der Waals surface area contributed by atoms with Crippen molar-refractivity contribution in [1.29, 1.82) is 0 Å². The van der Waals surface area contributed by atoms with E-state index in [9.17, 15) is 8.42 Å². The van der Waals surface area contributed by atoms with Gasteiger partial charge in [-0.05, 0) is 44.1 Å². The molecule has 1 fully saturated rings. The monoisotopic (exact) mass is 304 g/mol. The first-order chi connectivity index (χ1) is 8.97. The van der Waals surface area contributed by atoms with E-state index < -0.39 is 10.0 Å². The summed E-state index contributed by atoms with van der Waals surface area (Å²) in [7, 11) is -3.72. The Bertz CT molecular complexity index is 542. The molecular formula is C12H17ClN2O3S. The lowest BCUT2D eigenvalue weighted by molar-refractivity contribution is 0.238. The van der Waals surface area contributed by atoms with Gasteiger partial charge in [0.25, 0.3) is 0 Å². The molecule has 0 aromatic heterocycles. The highest BCUT2D eigenvalue weighted by Crippen LogP contribution is 2.26. The number of hydrogen-bond donors (Lipinski definition) is 1. The predicted molar refractivity (Wildman–Crippen MR) is 74.0 cm³/mol. The lowest BCUT2D eigenvalue weighted by Crippen LogP contribution is -2.25. The van der Waals surface area contributed by atoms with Gasteiger partial charge in [0.15, 0.2) is 0 Å². The summed E-state index contributed by atoms with van der Waals surface area (Å²) in [5.74, 6) is 0.480. The maximum absolute atomic E-state index is 11.2. The molecule has 2 N–H and O–H groups in total. The number of benzene rings is 1. The summed E-state index contributed by atoms with van der Waals surface area (Å²) < 4.78 is 27.9. The number of ether oxygens (including phenoxy) is 1. The van der Waals surface area contributed by atoms with Gasteiger partial charge in [-0.1, -0.05) is 11.6 Å². The molecule has 1 heterocycles. The average molecular weight is 305 g/mol. The highest BCUT2D eigenvalue weighted by atomic mass is 35.5. The van der Waals surface area contributed by atoms with Crippen molar-refractivity contribution in [1.82, 2.24) is 4.90 Å². The molecule has 7 heteroatoms. The Morgan fingerprint density at radius 3 is 2.58 bits per heavy atom. The maximum Gasteiger partial charge on any atom is 0.238 e. The summed E-state index contributed by atoms with van der Waals surface area (Å²) in [4.78, 5) is 2.32. The highest BCUT2D eigenvalue weighted by Gasteiger charge is 2.13. The summed E-state index contributed by atoms with van der Waals surface area (Å²) >= 11 is 5.97. The molecule has 0 unspecified atom stereocenters. The van der Waals surface area contributed by atoms with E-state index in [-0.39, 0.29) is 9.92 Å². The first-order valence-corrected chi connectivity index (χ1v) is 8.07. The molecule has 1 aliphatic rings. The van der Waals surface area contributed by atoms with Crippen molar-refractivity contribution in [3.05, 3.63) is 23.2 Å². The van der Waals surface area contributed by atoms with Crippen molar-refractivity contribution in [3.8, 4) is 5.75 Å². The van der Waals surface area contributed by atoms with Gasteiger partial charge in [0.2, 0.25) is 10.0 Å². The fourth-order valence-corrected chi connectivity index (χ4v) is 2.91. The van der Waals surface area contributed by atoms with Gasteiger partial charge in [0.05, 0.1) is 9.92 Å². The van der Waals surface area contributed by atoms with Gasteiger partial charge in [-0.3, -0.25) is 4.90 Å². The van der Waals surface area contributed by atoms with Gasteiger partial charge in [0, 0.05) is 6.54 Å². The van der Waals surface area contributed by atoms with Gasteiger partial charge in [-0.15, -0.1) is 0 Å². The lowest BCUT2D eigenvalue weighted by Gasteiger charge is -2.15. The highest BCUT2D eigenvalue weighted by molar-refractivity contribution is 7.89. The molecule has 0 radical (unpaired) electrons. The van der Waals surface area contributed by atoms with Crippen LogP contribution < -0.4 is 9.88 Å². The van der Waals surface area contributed by atoms with Gasteiger partial charge < -0.3 is 4.74 Å². The summed E-state index contributed by atoms with van der Waals surface area (Å²) in [5.41, 5.74) is 0. The smallest absolute Gasteiger partial charge is 0.238 e. The number of nitrogens with zero attached hydrogens (tertiary/aromatic N) is 1. The van der Waals surface area contributed by atoms with Crippen LogP contribution in [0.15, 0.2) is 23.1 Å². The molecule has 5 nitrogen and oxygen atoms in total. The number of primary sulfonamides is 1. The zero-order valence-electron chi connectivity index (χ0n) is 10.5. The quantitative estimate of drug-likeness (QED) is 0.894. The van der Waals surface area contributed by atoms with Crippen LogP contribution in [0.5, 0.6) is 5.75 Å². The normalized spacial score (nSPS) is 16.7. The van der Waals surface area contributed by atoms with Crippen LogP contribution in [0.4, 0.5) is 0 Å². The zero-order chi connectivity index (χ0) is 13.9. The molecule has 2 rings (SSSR count). The van der Waals surface area contributed by atoms with E-state index in [4.69, 9.17) is 21.5 Å². The van der Waals surface area contributed by atoms with Crippen LogP contribution in [-0.2, 0) is 10.0 Å². The van der Waals surface area contributed by atoms with E-state index in [1.54, 1.807) is 0 Å². The van der Waals surface area contributed by atoms with Crippen LogP contribution in [0.2, 0.25) is 5.02 Å². The van der Waals surface area contributed by atoms with Crippen LogP contribution in [0, 0.1) is 0 Å². The molecule has 106 valence electrons. The second kappa shape index (κ2) is 6.09. The minimum absolute atomic E-state index is 0.00982. The molecule has 0 spiro atoms. The summed E-state index contributed by atoms with van der Waals surface area (Å²) in [6.07, 6.45) is 2.48. The van der Waals surface area contributed by atoms with Crippen LogP contribution in [0.25, 0.3) is 0 Å². The van der Waals surface area contributed by atoms with E-state index in [1.807, 2.05) is 0 Å². The molecule has 0 atom stereocenters. The molecule has 0 bridgehead atoms. The van der Waals surface area contributed by atoms with Crippen LogP contribution in [0.1, 0.15) is 12.8 Å². The third kappa shape index (κ3) is 4.07. The minimum atomic E-state index is -3.72. The number of hydrogen-bond acceptors (Lipinski definition) is 4. The van der Waals surface area contributed by atoms with Crippen LogP contribution >= 0.6 is 11.6 Å². The molecule has 19 heavy (non-hydrogen) atoms. The Balaban J connectivity index is 1.93. The maximum atomic E-state index is 11.2. The van der Waals surface area contributed by atoms with Crippen molar-refractivity contribution in [2.45, 2.75) is 17.7 Å². The number of likely N-dealkylation sites (tertiary alicyclic amines) is 1. The summed E-state index contributed by atoms with van der Waals surface area (Å²) in [6, 6.07) is 4.24. The molecular weight excluding hydrogens is 288 g/mol. The largest absolute Gasteiger partial charge is 0.491 e. The third-order valence-corrected chi connectivity index (χ3v) is 4.30. The molecule has 1 saturated heterocycles. The number of nitrogens with two attached hydrogens (primary N) is 1. The fraction of sp³-hybridized carbons (Fsp3) is 0.500. The Kier molecular flexibility index (Phi) is 4.67. The van der Waals surface area contributed by atoms with E-state index in [2.05, 4.69) is 4.90 Å². The predicted octanol–water partition coefficient (Wildman–Crippen LogP) is 1.46. The van der Waals surface area contributed by atoms with Gasteiger partial charge in [-0.25, -0.2) is 13.6 Å². The minimum Gasteiger partial charge on any atom is -0.491 e. The first kappa shape index (κ1) is 14.6. The standard InChI is InChI=1S/C12H17ClN2O3S/c13-11-9-10(19(14,16)17)3-4-12(11)18-8-7-15-5-1-2-6-15/h3-4,9H,1-2,5-8H2,(H2,14,16,17). The van der Waals surface area contributed by atoms with Crippen LogP contribution in [-0.4, -0.2) is 39.6 Å². The number of rotatable bonds is 5. The third-order valence-electron chi connectivity index (χ3n) is 3.10. The Hall–Kier alpha value is -0.820. The van der Waals surface area contributed by atoms with Gasteiger partial charge in [0.1, 0.15) is 12.4 Å². The SMILES string of the molecule is NS(=O)(=O)c1ccc(OCCN2CCCC2)c(Cl)c1. The molecule has 0 saturated carbocycles. The Morgan fingerprint density at radius 1 is 1.32 bits per heavy atom. The number of halogens is 1. The van der Waals surface area contributed by atoms with Crippen molar-refractivity contribution in [3.63, 3.8) is 0 Å². The molecule has 0 aliphatic carbocycles. The van der Waals surface area contributed by atoms with Crippen molar-refractivity contribution < 1.29 is 13.2 Å². The Labute approximate surface area is 118 Å². The van der Waals surface area contributed by atoms with Crippen molar-refractivity contribution in [2.75, 3.05) is 26.2 Å². The van der Waals surface area contributed by atoms with E-state index >= 15 is 0 Å². The Morgan fingerprint density at radius 2 is 2.00 bits per heavy atom. The average Bonchev–Trinajstić information content (AvgIpc) is 2.83. The van der Waals surface area contributed by atoms with Crippen molar-refractivity contribution in [2.24, 2.45) is 5.14 Å².